The van der Waals surface area contributed by atoms with Crippen molar-refractivity contribution in [1.29, 1.82) is 0 Å². The third-order valence-corrected chi connectivity index (χ3v) is 1.66. The molecule has 0 radical (unpaired) electrons. The molecule has 0 aliphatic rings. The van der Waals surface area contributed by atoms with Gasteiger partial charge in [0.05, 0.1) is 13.2 Å². The lowest BCUT2D eigenvalue weighted by molar-refractivity contribution is -0.139. The molecule has 0 aliphatic carbocycles. The van der Waals surface area contributed by atoms with Crippen molar-refractivity contribution in [2.75, 3.05) is 19.8 Å². The molecule has 0 aromatic carbocycles. The van der Waals surface area contributed by atoms with E-state index in [4.69, 9.17) is 9.47 Å². The highest BCUT2D eigenvalue weighted by Gasteiger charge is 1.93. The summed E-state index contributed by atoms with van der Waals surface area (Å²) in [5.74, 6) is -0.256. The zero-order valence-electron chi connectivity index (χ0n) is 10.0. The van der Waals surface area contributed by atoms with Crippen molar-refractivity contribution >= 4 is 5.97 Å². The summed E-state index contributed by atoms with van der Waals surface area (Å²) in [7, 11) is 0. The van der Waals surface area contributed by atoms with Gasteiger partial charge < -0.3 is 9.47 Å². The SMILES string of the molecule is CC(=O)OC/C(C)=C/COCC=C(C)C. The van der Waals surface area contributed by atoms with Crippen LogP contribution in [-0.4, -0.2) is 25.8 Å². The molecule has 0 aromatic heterocycles. The fourth-order valence-electron chi connectivity index (χ4n) is 0.769. The van der Waals surface area contributed by atoms with Gasteiger partial charge in [-0.2, -0.15) is 0 Å². The van der Waals surface area contributed by atoms with Crippen molar-refractivity contribution in [1.82, 2.24) is 0 Å². The molecule has 0 heterocycles. The molecule has 15 heavy (non-hydrogen) atoms. The monoisotopic (exact) mass is 212 g/mol. The van der Waals surface area contributed by atoms with E-state index in [1.165, 1.54) is 12.5 Å². The van der Waals surface area contributed by atoms with E-state index in [-0.39, 0.29) is 5.97 Å². The predicted molar refractivity (Wildman–Crippen MR) is 60.6 cm³/mol. The first-order valence-corrected chi connectivity index (χ1v) is 5.02. The lowest BCUT2D eigenvalue weighted by atomic mass is 10.3. The van der Waals surface area contributed by atoms with Crippen LogP contribution in [0.25, 0.3) is 0 Å². The molecule has 86 valence electrons. The maximum atomic E-state index is 10.5. The molecule has 0 N–H and O–H groups in total. The first-order valence-electron chi connectivity index (χ1n) is 5.02. The number of esters is 1. The zero-order valence-corrected chi connectivity index (χ0v) is 10.0. The quantitative estimate of drug-likeness (QED) is 0.385. The van der Waals surface area contributed by atoms with E-state index in [0.717, 1.165) is 5.57 Å². The second-order valence-electron chi connectivity index (χ2n) is 3.65. The van der Waals surface area contributed by atoms with E-state index in [2.05, 4.69) is 0 Å². The fraction of sp³-hybridized carbons (Fsp3) is 0.583. The number of rotatable bonds is 6. The van der Waals surface area contributed by atoms with Crippen molar-refractivity contribution < 1.29 is 14.3 Å². The maximum absolute atomic E-state index is 10.5. The smallest absolute Gasteiger partial charge is 0.302 e. The minimum atomic E-state index is -0.256. The molecule has 0 amide bonds. The molecule has 0 bridgehead atoms. The molecule has 0 aromatic rings. The van der Waals surface area contributed by atoms with Gasteiger partial charge in [0.25, 0.3) is 0 Å². The van der Waals surface area contributed by atoms with Gasteiger partial charge in [0, 0.05) is 6.92 Å². The van der Waals surface area contributed by atoms with Crippen molar-refractivity contribution in [2.24, 2.45) is 0 Å². The molecule has 3 nitrogen and oxygen atoms in total. The Kier molecular flexibility index (Phi) is 7.64. The molecular formula is C12H20O3. The Balaban J connectivity index is 3.58. The second kappa shape index (κ2) is 8.24. The summed E-state index contributed by atoms with van der Waals surface area (Å²) < 4.78 is 10.2. The topological polar surface area (TPSA) is 35.5 Å². The van der Waals surface area contributed by atoms with E-state index in [0.29, 0.717) is 19.8 Å². The van der Waals surface area contributed by atoms with Gasteiger partial charge >= 0.3 is 5.97 Å². The lowest BCUT2D eigenvalue weighted by Crippen LogP contribution is -2.02. The molecule has 0 rings (SSSR count). The fourth-order valence-corrected chi connectivity index (χ4v) is 0.769. The second-order valence-corrected chi connectivity index (χ2v) is 3.65. The first-order chi connectivity index (χ1) is 7.02. The summed E-state index contributed by atoms with van der Waals surface area (Å²) in [5, 5.41) is 0. The highest BCUT2D eigenvalue weighted by Crippen LogP contribution is 1.95. The molecule has 0 atom stereocenters. The summed E-state index contributed by atoms with van der Waals surface area (Å²) in [4.78, 5) is 10.5. The highest BCUT2D eigenvalue weighted by atomic mass is 16.5. The van der Waals surface area contributed by atoms with Gasteiger partial charge in [0.2, 0.25) is 0 Å². The Morgan fingerprint density at radius 2 is 1.67 bits per heavy atom. The van der Waals surface area contributed by atoms with E-state index in [9.17, 15) is 4.79 Å². The van der Waals surface area contributed by atoms with Crippen molar-refractivity contribution in [3.8, 4) is 0 Å². The largest absolute Gasteiger partial charge is 0.461 e. The van der Waals surface area contributed by atoms with Crippen LogP contribution < -0.4 is 0 Å². The molecule has 0 fully saturated rings. The van der Waals surface area contributed by atoms with Crippen LogP contribution in [0.3, 0.4) is 0 Å². The number of allylic oxidation sites excluding steroid dienone is 1. The van der Waals surface area contributed by atoms with Crippen molar-refractivity contribution in [3.63, 3.8) is 0 Å². The van der Waals surface area contributed by atoms with Crippen LogP contribution >= 0.6 is 0 Å². The molecule has 0 saturated carbocycles. The van der Waals surface area contributed by atoms with Crippen LogP contribution in [0.2, 0.25) is 0 Å². The number of hydrogen-bond acceptors (Lipinski definition) is 3. The Morgan fingerprint density at radius 3 is 2.20 bits per heavy atom. The number of carbonyl (C=O) groups is 1. The Bertz CT molecular complexity index is 248. The Labute approximate surface area is 91.8 Å². The van der Waals surface area contributed by atoms with Crippen LogP contribution in [0.1, 0.15) is 27.7 Å². The average molecular weight is 212 g/mol. The highest BCUT2D eigenvalue weighted by molar-refractivity contribution is 5.66. The lowest BCUT2D eigenvalue weighted by Gasteiger charge is -2.02. The summed E-state index contributed by atoms with van der Waals surface area (Å²) in [6.07, 6.45) is 3.94. The minimum absolute atomic E-state index is 0.256. The Morgan fingerprint density at radius 1 is 1.07 bits per heavy atom. The van der Waals surface area contributed by atoms with E-state index in [1.54, 1.807) is 0 Å². The summed E-state index contributed by atoms with van der Waals surface area (Å²) in [6.45, 7) is 8.90. The molecule has 0 spiro atoms. The maximum Gasteiger partial charge on any atom is 0.302 e. The van der Waals surface area contributed by atoms with Gasteiger partial charge in [0.1, 0.15) is 6.61 Å². The molecular weight excluding hydrogens is 192 g/mol. The first kappa shape index (κ1) is 13.9. The van der Waals surface area contributed by atoms with E-state index < -0.39 is 0 Å². The van der Waals surface area contributed by atoms with Gasteiger partial charge in [-0.15, -0.1) is 0 Å². The van der Waals surface area contributed by atoms with Gasteiger partial charge in [-0.1, -0.05) is 17.7 Å². The molecule has 0 unspecified atom stereocenters. The Hall–Kier alpha value is -1.09. The number of ether oxygens (including phenoxy) is 2. The normalized spacial score (nSPS) is 11.1. The number of carbonyl (C=O) groups excluding carboxylic acids is 1. The van der Waals surface area contributed by atoms with Crippen molar-refractivity contribution in [3.05, 3.63) is 23.3 Å². The van der Waals surface area contributed by atoms with Gasteiger partial charge in [-0.25, -0.2) is 0 Å². The summed E-state index contributed by atoms with van der Waals surface area (Å²) in [6, 6.07) is 0. The van der Waals surface area contributed by atoms with Crippen LogP contribution in [-0.2, 0) is 14.3 Å². The summed E-state index contributed by atoms with van der Waals surface area (Å²) >= 11 is 0. The van der Waals surface area contributed by atoms with E-state index >= 15 is 0 Å². The van der Waals surface area contributed by atoms with Crippen LogP contribution in [0.4, 0.5) is 0 Å². The third kappa shape index (κ3) is 10.8. The van der Waals surface area contributed by atoms with Crippen LogP contribution in [0, 0.1) is 0 Å². The van der Waals surface area contributed by atoms with Crippen LogP contribution in [0.5, 0.6) is 0 Å². The molecule has 0 saturated heterocycles. The third-order valence-electron chi connectivity index (χ3n) is 1.66. The van der Waals surface area contributed by atoms with Crippen molar-refractivity contribution in [2.45, 2.75) is 27.7 Å². The van der Waals surface area contributed by atoms with Gasteiger partial charge in [-0.05, 0) is 26.3 Å². The summed E-state index contributed by atoms with van der Waals surface area (Å²) in [5.41, 5.74) is 2.25. The minimum Gasteiger partial charge on any atom is -0.461 e. The van der Waals surface area contributed by atoms with Gasteiger partial charge in [0.15, 0.2) is 0 Å². The van der Waals surface area contributed by atoms with E-state index in [1.807, 2.05) is 32.9 Å². The molecule has 3 heteroatoms. The standard InChI is InChI=1S/C12H20O3/c1-10(2)5-7-14-8-6-11(3)9-15-12(4)13/h5-6H,7-9H2,1-4H3/b11-6+. The predicted octanol–water partition coefficient (Wildman–Crippen LogP) is 2.48. The average Bonchev–Trinajstić information content (AvgIpc) is 2.13. The number of hydrogen-bond donors (Lipinski definition) is 0. The van der Waals surface area contributed by atoms with Gasteiger partial charge in [-0.3, -0.25) is 4.79 Å². The molecule has 0 aliphatic heterocycles. The van der Waals surface area contributed by atoms with Crippen LogP contribution in [0.15, 0.2) is 23.3 Å². The zero-order chi connectivity index (χ0) is 11.7.